The van der Waals surface area contributed by atoms with E-state index in [1.54, 1.807) is 19.2 Å². The molecule has 2 aromatic carbocycles. The Labute approximate surface area is 130 Å². The van der Waals surface area contributed by atoms with E-state index >= 15 is 0 Å². The van der Waals surface area contributed by atoms with Crippen molar-refractivity contribution in [3.63, 3.8) is 0 Å². The summed E-state index contributed by atoms with van der Waals surface area (Å²) in [6, 6.07) is 17.0. The quantitative estimate of drug-likeness (QED) is 0.506. The van der Waals surface area contributed by atoms with Crippen LogP contribution < -0.4 is 5.43 Å². The molecule has 0 saturated heterocycles. The number of hydrazine groups is 1. The monoisotopic (exact) mass is 296 g/mol. The highest BCUT2D eigenvalue weighted by molar-refractivity contribution is 6.07. The number of carbonyl (C=O) groups excluding carboxylic acids is 2. The fraction of sp³-hybridized carbons (Fsp3) is 0.222. The van der Waals surface area contributed by atoms with Gasteiger partial charge in [-0.25, -0.2) is 5.43 Å². The number of nitrogens with one attached hydrogen (secondary N) is 1. The maximum atomic E-state index is 12.1. The third-order valence-electron chi connectivity index (χ3n) is 3.42. The summed E-state index contributed by atoms with van der Waals surface area (Å²) in [5.41, 5.74) is 5.72. The SMILES string of the molecule is Cc1ccc(C(=O)CC(=O)N(C)NCc2ccccc2)cc1. The molecular weight excluding hydrogens is 276 g/mol. The van der Waals surface area contributed by atoms with Crippen molar-refractivity contribution in [3.05, 3.63) is 71.3 Å². The molecule has 0 aromatic heterocycles. The fourth-order valence-corrected chi connectivity index (χ4v) is 1.99. The minimum absolute atomic E-state index is 0.138. The zero-order valence-electron chi connectivity index (χ0n) is 12.9. The second kappa shape index (κ2) is 7.52. The number of amides is 1. The molecule has 114 valence electrons. The summed E-state index contributed by atoms with van der Waals surface area (Å²) in [7, 11) is 1.63. The molecule has 0 spiro atoms. The number of ketones is 1. The first-order valence-corrected chi connectivity index (χ1v) is 7.20. The summed E-state index contributed by atoms with van der Waals surface area (Å²) in [6.07, 6.45) is -0.138. The molecule has 0 radical (unpaired) electrons. The molecule has 4 nitrogen and oxygen atoms in total. The summed E-state index contributed by atoms with van der Waals surface area (Å²) in [4.78, 5) is 24.1. The van der Waals surface area contributed by atoms with Crippen molar-refractivity contribution in [2.75, 3.05) is 7.05 Å². The van der Waals surface area contributed by atoms with E-state index in [9.17, 15) is 9.59 Å². The number of aryl methyl sites for hydroxylation is 1. The summed E-state index contributed by atoms with van der Waals surface area (Å²) >= 11 is 0. The predicted molar refractivity (Wildman–Crippen MR) is 86.2 cm³/mol. The average molecular weight is 296 g/mol. The lowest BCUT2D eigenvalue weighted by Gasteiger charge is -2.18. The van der Waals surface area contributed by atoms with E-state index in [0.717, 1.165) is 11.1 Å². The Hall–Kier alpha value is -2.46. The van der Waals surface area contributed by atoms with Crippen LogP contribution in [-0.2, 0) is 11.3 Å². The van der Waals surface area contributed by atoms with E-state index in [1.807, 2.05) is 49.4 Å². The number of hydrogen-bond acceptors (Lipinski definition) is 3. The van der Waals surface area contributed by atoms with Gasteiger partial charge < -0.3 is 0 Å². The highest BCUT2D eigenvalue weighted by Crippen LogP contribution is 2.07. The number of rotatable bonds is 6. The molecule has 0 fully saturated rings. The molecule has 22 heavy (non-hydrogen) atoms. The van der Waals surface area contributed by atoms with Crippen molar-refractivity contribution in [3.8, 4) is 0 Å². The maximum Gasteiger partial charge on any atom is 0.244 e. The Morgan fingerprint density at radius 2 is 1.64 bits per heavy atom. The zero-order chi connectivity index (χ0) is 15.9. The second-order valence-corrected chi connectivity index (χ2v) is 5.24. The van der Waals surface area contributed by atoms with Gasteiger partial charge >= 0.3 is 0 Å². The number of benzene rings is 2. The predicted octanol–water partition coefficient (Wildman–Crippen LogP) is 2.73. The first-order valence-electron chi connectivity index (χ1n) is 7.20. The van der Waals surface area contributed by atoms with E-state index in [0.29, 0.717) is 12.1 Å². The van der Waals surface area contributed by atoms with Gasteiger partial charge in [0.05, 0.1) is 6.42 Å². The van der Waals surface area contributed by atoms with Gasteiger partial charge in [-0.15, -0.1) is 0 Å². The molecule has 1 amide bonds. The zero-order valence-corrected chi connectivity index (χ0v) is 12.9. The van der Waals surface area contributed by atoms with Gasteiger partial charge in [-0.05, 0) is 12.5 Å². The third kappa shape index (κ3) is 4.53. The van der Waals surface area contributed by atoms with Crippen LogP contribution in [0.2, 0.25) is 0 Å². The average Bonchev–Trinajstić information content (AvgIpc) is 2.54. The van der Waals surface area contributed by atoms with E-state index in [-0.39, 0.29) is 18.1 Å². The molecule has 0 aliphatic heterocycles. The van der Waals surface area contributed by atoms with Crippen LogP contribution in [0.3, 0.4) is 0 Å². The van der Waals surface area contributed by atoms with E-state index in [4.69, 9.17) is 0 Å². The topological polar surface area (TPSA) is 49.4 Å². The minimum atomic E-state index is -0.249. The molecule has 0 aliphatic carbocycles. The van der Waals surface area contributed by atoms with Crippen molar-refractivity contribution < 1.29 is 9.59 Å². The minimum Gasteiger partial charge on any atom is -0.294 e. The third-order valence-corrected chi connectivity index (χ3v) is 3.42. The van der Waals surface area contributed by atoms with Crippen molar-refractivity contribution >= 4 is 11.7 Å². The van der Waals surface area contributed by atoms with Crippen molar-refractivity contribution in [1.82, 2.24) is 10.4 Å². The fourth-order valence-electron chi connectivity index (χ4n) is 1.99. The van der Waals surface area contributed by atoms with Crippen molar-refractivity contribution in [2.24, 2.45) is 0 Å². The van der Waals surface area contributed by atoms with E-state index in [2.05, 4.69) is 5.43 Å². The Morgan fingerprint density at radius 3 is 2.27 bits per heavy atom. The number of Topliss-reactive ketones (excluding diaryl/α,β-unsaturated/α-hetero) is 1. The highest BCUT2D eigenvalue weighted by atomic mass is 16.2. The molecule has 0 bridgehead atoms. The molecule has 4 heteroatoms. The standard InChI is InChI=1S/C18H20N2O2/c1-14-8-10-16(11-9-14)17(21)12-18(22)20(2)19-13-15-6-4-3-5-7-15/h3-11,19H,12-13H2,1-2H3. The van der Waals surface area contributed by atoms with Gasteiger partial charge in [0, 0.05) is 19.2 Å². The van der Waals surface area contributed by atoms with Crippen LogP contribution in [0.1, 0.15) is 27.9 Å². The summed E-state index contributed by atoms with van der Waals surface area (Å²) in [5, 5.41) is 1.37. The summed E-state index contributed by atoms with van der Waals surface area (Å²) in [5.74, 6) is -0.417. The Kier molecular flexibility index (Phi) is 5.44. The van der Waals surface area contributed by atoms with Crippen molar-refractivity contribution in [2.45, 2.75) is 19.9 Å². The van der Waals surface area contributed by atoms with Crippen LogP contribution in [0.15, 0.2) is 54.6 Å². The van der Waals surface area contributed by atoms with Gasteiger partial charge in [0.2, 0.25) is 5.91 Å². The van der Waals surface area contributed by atoms with Crippen LogP contribution in [-0.4, -0.2) is 23.7 Å². The molecule has 2 aromatic rings. The van der Waals surface area contributed by atoms with Gasteiger partial charge in [0.25, 0.3) is 0 Å². The van der Waals surface area contributed by atoms with Crippen LogP contribution in [0.4, 0.5) is 0 Å². The Bertz CT molecular complexity index is 636. The molecule has 0 atom stereocenters. The van der Waals surface area contributed by atoms with Crippen LogP contribution >= 0.6 is 0 Å². The molecule has 0 heterocycles. The molecule has 0 aliphatic rings. The first-order chi connectivity index (χ1) is 10.6. The van der Waals surface area contributed by atoms with E-state index < -0.39 is 0 Å². The number of nitrogens with zero attached hydrogens (tertiary/aromatic N) is 1. The molecular formula is C18H20N2O2. The lowest BCUT2D eigenvalue weighted by molar-refractivity contribution is -0.131. The lowest BCUT2D eigenvalue weighted by Crippen LogP contribution is -2.39. The summed E-state index contributed by atoms with van der Waals surface area (Å²) in [6.45, 7) is 2.50. The molecule has 0 saturated carbocycles. The highest BCUT2D eigenvalue weighted by Gasteiger charge is 2.15. The largest absolute Gasteiger partial charge is 0.294 e. The van der Waals surface area contributed by atoms with Gasteiger partial charge in [0.1, 0.15) is 0 Å². The van der Waals surface area contributed by atoms with Crippen molar-refractivity contribution in [1.29, 1.82) is 0 Å². The van der Waals surface area contributed by atoms with Gasteiger partial charge in [-0.2, -0.15) is 0 Å². The smallest absolute Gasteiger partial charge is 0.244 e. The normalized spacial score (nSPS) is 10.3. The maximum absolute atomic E-state index is 12.1. The number of carbonyl (C=O) groups is 2. The van der Waals surface area contributed by atoms with Gasteiger partial charge in [-0.1, -0.05) is 60.2 Å². The summed E-state index contributed by atoms with van der Waals surface area (Å²) < 4.78 is 0. The van der Waals surface area contributed by atoms with Gasteiger partial charge in [0.15, 0.2) is 5.78 Å². The second-order valence-electron chi connectivity index (χ2n) is 5.24. The lowest BCUT2D eigenvalue weighted by atomic mass is 10.1. The van der Waals surface area contributed by atoms with Crippen LogP contribution in [0, 0.1) is 6.92 Å². The Balaban J connectivity index is 1.85. The number of hydrogen-bond donors (Lipinski definition) is 1. The van der Waals surface area contributed by atoms with Crippen LogP contribution in [0.5, 0.6) is 0 Å². The Morgan fingerprint density at radius 1 is 1.00 bits per heavy atom. The molecule has 0 unspecified atom stereocenters. The van der Waals surface area contributed by atoms with Crippen LogP contribution in [0.25, 0.3) is 0 Å². The molecule has 1 N–H and O–H groups in total. The first kappa shape index (κ1) is 15.9. The van der Waals surface area contributed by atoms with E-state index in [1.165, 1.54) is 5.01 Å². The molecule has 2 rings (SSSR count). The van der Waals surface area contributed by atoms with Gasteiger partial charge in [-0.3, -0.25) is 14.6 Å².